The molecule has 1 heterocycles. The summed E-state index contributed by atoms with van der Waals surface area (Å²) in [6.07, 6.45) is 2.61. The van der Waals surface area contributed by atoms with Gasteiger partial charge in [0.15, 0.2) is 4.80 Å². The Morgan fingerprint density at radius 1 is 1.25 bits per heavy atom. The van der Waals surface area contributed by atoms with Crippen molar-refractivity contribution in [2.75, 3.05) is 12.4 Å². The van der Waals surface area contributed by atoms with E-state index < -0.39 is 16.8 Å². The number of thiazole rings is 1. The molecule has 0 saturated heterocycles. The van der Waals surface area contributed by atoms with Gasteiger partial charge in [-0.25, -0.2) is 0 Å². The van der Waals surface area contributed by atoms with Crippen LogP contribution in [0.4, 0.5) is 11.4 Å². The number of nitro benzene ring substituents is 1. The van der Waals surface area contributed by atoms with Crippen LogP contribution < -0.4 is 10.1 Å². The summed E-state index contributed by atoms with van der Waals surface area (Å²) in [5, 5.41) is 13.6. The lowest BCUT2D eigenvalue weighted by Crippen LogP contribution is -2.22. The second kappa shape index (κ2) is 9.79. The first kappa shape index (κ1) is 22.6. The molecule has 1 aromatic heterocycles. The van der Waals surface area contributed by atoms with Gasteiger partial charge in [-0.05, 0) is 29.8 Å². The molecule has 0 aliphatic carbocycles. The molecule has 164 valence electrons. The van der Waals surface area contributed by atoms with E-state index in [4.69, 9.17) is 4.74 Å². The number of nitrogens with zero attached hydrogens (tertiary/aromatic N) is 3. The topological polar surface area (TPSA) is 133 Å². The maximum Gasteiger partial charge on any atom is 0.325 e. The van der Waals surface area contributed by atoms with Crippen molar-refractivity contribution in [2.24, 2.45) is 4.99 Å². The fourth-order valence-electron chi connectivity index (χ4n) is 2.83. The van der Waals surface area contributed by atoms with Gasteiger partial charge in [-0.2, -0.15) is 4.99 Å². The lowest BCUT2D eigenvalue weighted by atomic mass is 10.2. The number of anilines is 1. The highest BCUT2D eigenvalue weighted by Gasteiger charge is 2.12. The molecule has 32 heavy (non-hydrogen) atoms. The highest BCUT2D eigenvalue weighted by Crippen LogP contribution is 2.22. The Bertz CT molecular complexity index is 1320. The number of nitro groups is 1. The summed E-state index contributed by atoms with van der Waals surface area (Å²) < 4.78 is 6.98. The summed E-state index contributed by atoms with van der Waals surface area (Å²) in [4.78, 5) is 50.3. The molecule has 0 saturated carbocycles. The van der Waals surface area contributed by atoms with Crippen molar-refractivity contribution < 1.29 is 24.0 Å². The van der Waals surface area contributed by atoms with Crippen molar-refractivity contribution >= 4 is 56.8 Å². The third-order valence-electron chi connectivity index (χ3n) is 4.22. The van der Waals surface area contributed by atoms with E-state index in [2.05, 4.69) is 10.3 Å². The molecule has 0 radical (unpaired) electrons. The van der Waals surface area contributed by atoms with Crippen molar-refractivity contribution in [1.29, 1.82) is 0 Å². The van der Waals surface area contributed by atoms with E-state index >= 15 is 0 Å². The highest BCUT2D eigenvalue weighted by atomic mass is 32.1. The molecule has 2 aromatic carbocycles. The van der Waals surface area contributed by atoms with Gasteiger partial charge in [-0.15, -0.1) is 0 Å². The Morgan fingerprint density at radius 2 is 2.03 bits per heavy atom. The van der Waals surface area contributed by atoms with Gasteiger partial charge < -0.3 is 14.6 Å². The summed E-state index contributed by atoms with van der Waals surface area (Å²) in [7, 11) is 1.26. The molecule has 0 bridgehead atoms. The lowest BCUT2D eigenvalue weighted by Gasteiger charge is -2.05. The van der Waals surface area contributed by atoms with Crippen molar-refractivity contribution in [1.82, 2.24) is 4.57 Å². The van der Waals surface area contributed by atoms with Gasteiger partial charge in [0.25, 0.3) is 11.6 Å². The molecule has 0 unspecified atom stereocenters. The fourth-order valence-corrected chi connectivity index (χ4v) is 3.90. The number of carbonyl (C=O) groups excluding carboxylic acids is 3. The maximum atomic E-state index is 12.4. The largest absolute Gasteiger partial charge is 0.468 e. The quantitative estimate of drug-likeness (QED) is 0.264. The monoisotopic (exact) mass is 454 g/mol. The molecule has 11 heteroatoms. The van der Waals surface area contributed by atoms with Crippen LogP contribution in [0.2, 0.25) is 0 Å². The third-order valence-corrected chi connectivity index (χ3v) is 5.26. The highest BCUT2D eigenvalue weighted by molar-refractivity contribution is 7.16. The number of fused-ring (bicyclic) bond motifs is 1. The molecular weight excluding hydrogens is 436 g/mol. The normalized spacial score (nSPS) is 11.6. The molecule has 0 aliphatic rings. The number of aromatic nitrogens is 1. The number of methoxy groups -OCH3 is 1. The summed E-state index contributed by atoms with van der Waals surface area (Å²) in [5.74, 6) is -1.35. The van der Waals surface area contributed by atoms with Gasteiger partial charge in [0.2, 0.25) is 5.91 Å². The van der Waals surface area contributed by atoms with E-state index in [1.165, 1.54) is 55.7 Å². The Kier molecular flexibility index (Phi) is 6.90. The van der Waals surface area contributed by atoms with Crippen LogP contribution in [0.25, 0.3) is 16.3 Å². The smallest absolute Gasteiger partial charge is 0.325 e. The number of hydrogen-bond acceptors (Lipinski definition) is 7. The van der Waals surface area contributed by atoms with Crippen LogP contribution in [-0.2, 0) is 25.7 Å². The van der Waals surface area contributed by atoms with Gasteiger partial charge >= 0.3 is 5.97 Å². The van der Waals surface area contributed by atoms with Crippen LogP contribution in [0.3, 0.4) is 0 Å². The minimum Gasteiger partial charge on any atom is -0.468 e. The third kappa shape index (κ3) is 5.52. The van der Waals surface area contributed by atoms with Gasteiger partial charge in [0, 0.05) is 30.8 Å². The SMILES string of the molecule is COC(=O)Cn1c(=NC(=O)/C=C/c2cccc([N+](=O)[O-])c2)sc2cc(NC(C)=O)ccc21. The summed E-state index contributed by atoms with van der Waals surface area (Å²) >= 11 is 1.17. The zero-order valence-corrected chi connectivity index (χ0v) is 17.9. The Morgan fingerprint density at radius 3 is 2.72 bits per heavy atom. The first-order valence-corrected chi connectivity index (χ1v) is 10.1. The van der Waals surface area contributed by atoms with Gasteiger partial charge in [0.1, 0.15) is 6.54 Å². The van der Waals surface area contributed by atoms with Crippen LogP contribution in [-0.4, -0.2) is 34.4 Å². The number of benzene rings is 2. The van der Waals surface area contributed by atoms with E-state index in [0.29, 0.717) is 21.5 Å². The Hall–Kier alpha value is -4.12. The summed E-state index contributed by atoms with van der Waals surface area (Å²) in [6.45, 7) is 1.24. The van der Waals surface area contributed by atoms with E-state index in [1.807, 2.05) is 0 Å². The summed E-state index contributed by atoms with van der Waals surface area (Å²) in [6, 6.07) is 10.9. The van der Waals surface area contributed by atoms with Gasteiger partial charge in [-0.1, -0.05) is 23.5 Å². The van der Waals surface area contributed by atoms with E-state index in [-0.39, 0.29) is 22.9 Å². The number of amides is 2. The second-order valence-corrected chi connectivity index (χ2v) is 7.56. The average molecular weight is 454 g/mol. The van der Waals surface area contributed by atoms with Crippen LogP contribution in [0, 0.1) is 10.1 Å². The zero-order valence-electron chi connectivity index (χ0n) is 17.1. The molecule has 10 nitrogen and oxygen atoms in total. The van der Waals surface area contributed by atoms with Gasteiger partial charge in [0.05, 0.1) is 22.2 Å². The zero-order chi connectivity index (χ0) is 23.3. The second-order valence-electron chi connectivity index (χ2n) is 6.55. The van der Waals surface area contributed by atoms with Crippen LogP contribution >= 0.6 is 11.3 Å². The molecule has 1 N–H and O–H groups in total. The molecule has 0 atom stereocenters. The fraction of sp³-hybridized carbons (Fsp3) is 0.143. The summed E-state index contributed by atoms with van der Waals surface area (Å²) in [5.41, 5.74) is 1.59. The number of esters is 1. The minimum atomic E-state index is -0.608. The van der Waals surface area contributed by atoms with Gasteiger partial charge in [-0.3, -0.25) is 24.5 Å². The van der Waals surface area contributed by atoms with Crippen molar-refractivity contribution in [3.05, 3.63) is 69.0 Å². The number of rotatable bonds is 6. The maximum absolute atomic E-state index is 12.4. The number of carbonyl (C=O) groups is 3. The van der Waals surface area contributed by atoms with Crippen LogP contribution in [0.5, 0.6) is 0 Å². The predicted molar refractivity (Wildman–Crippen MR) is 119 cm³/mol. The first-order chi connectivity index (χ1) is 15.3. The predicted octanol–water partition coefficient (Wildman–Crippen LogP) is 2.88. The molecular formula is C21H18N4O6S. The molecule has 0 spiro atoms. The standard InChI is InChI=1S/C21H18N4O6S/c1-13(26)22-15-7-8-17-18(11-15)32-21(24(17)12-20(28)31-2)23-19(27)9-6-14-4-3-5-16(10-14)25(29)30/h3-11H,12H2,1-2H3,(H,22,26)/b9-6+,23-21?. The Labute approximate surface area is 185 Å². The lowest BCUT2D eigenvalue weighted by molar-refractivity contribution is -0.384. The molecule has 0 fully saturated rings. The van der Waals surface area contributed by atoms with Crippen molar-refractivity contribution in [3.8, 4) is 0 Å². The minimum absolute atomic E-state index is 0.0908. The first-order valence-electron chi connectivity index (χ1n) is 9.26. The van der Waals surface area contributed by atoms with Crippen LogP contribution in [0.1, 0.15) is 12.5 Å². The van der Waals surface area contributed by atoms with E-state index in [9.17, 15) is 24.5 Å². The number of non-ortho nitro benzene ring substituents is 1. The van der Waals surface area contributed by atoms with Crippen molar-refractivity contribution in [3.63, 3.8) is 0 Å². The molecule has 3 aromatic rings. The number of hydrogen-bond donors (Lipinski definition) is 1. The number of ether oxygens (including phenoxy) is 1. The molecule has 0 aliphatic heterocycles. The van der Waals surface area contributed by atoms with Crippen LogP contribution in [0.15, 0.2) is 53.5 Å². The van der Waals surface area contributed by atoms with E-state index in [1.54, 1.807) is 28.8 Å². The average Bonchev–Trinajstić information content (AvgIpc) is 3.07. The Balaban J connectivity index is 1.99. The molecule has 2 amide bonds. The van der Waals surface area contributed by atoms with Crippen molar-refractivity contribution in [2.45, 2.75) is 13.5 Å². The molecule has 3 rings (SSSR count). The number of nitrogens with one attached hydrogen (secondary N) is 1. The van der Waals surface area contributed by atoms with E-state index in [0.717, 1.165) is 0 Å².